The third-order valence-electron chi connectivity index (χ3n) is 2.15. The number of carbonyl (C=O) groups is 1. The van der Waals surface area contributed by atoms with Crippen LogP contribution in [0.5, 0.6) is 0 Å². The van der Waals surface area contributed by atoms with Gasteiger partial charge in [0.25, 0.3) is 0 Å². The largest absolute Gasteiger partial charge is 0.478 e. The maximum absolute atomic E-state index is 12.6. The fraction of sp³-hybridized carbons (Fsp3) is 0.182. The zero-order valence-electron chi connectivity index (χ0n) is 9.31. The second-order valence-electron chi connectivity index (χ2n) is 3.59. The Bertz CT molecular complexity index is 559. The molecule has 1 N–H and O–H groups in total. The minimum atomic E-state index is -5.21. The van der Waals surface area contributed by atoms with Crippen LogP contribution in [0.2, 0.25) is 0 Å². The Kier molecular flexibility index (Phi) is 4.52. The molecule has 0 aliphatic rings. The van der Waals surface area contributed by atoms with E-state index in [4.69, 9.17) is 5.11 Å². The molecule has 0 bridgehead atoms. The van der Waals surface area contributed by atoms with Crippen LogP contribution in [-0.2, 0) is 17.1 Å². The van der Waals surface area contributed by atoms with Crippen molar-refractivity contribution in [2.24, 2.45) is 0 Å². The first-order valence-electron chi connectivity index (χ1n) is 4.82. The van der Waals surface area contributed by atoms with Gasteiger partial charge in [-0.2, -0.15) is 26.3 Å². The predicted octanol–water partition coefficient (Wildman–Crippen LogP) is 4.58. The third kappa shape index (κ3) is 3.99. The minimum absolute atomic E-state index is 0.242. The Morgan fingerprint density at radius 2 is 1.50 bits per heavy atom. The zero-order valence-corrected chi connectivity index (χ0v) is 10.9. The number of alkyl halides is 6. The summed E-state index contributed by atoms with van der Waals surface area (Å²) >= 11 is 2.68. The Labute approximate surface area is 116 Å². The van der Waals surface area contributed by atoms with Crippen LogP contribution in [0.3, 0.4) is 0 Å². The molecule has 110 valence electrons. The number of halogens is 7. The maximum Gasteiger partial charge on any atom is 0.417 e. The van der Waals surface area contributed by atoms with Crippen LogP contribution >= 0.6 is 15.9 Å². The summed E-state index contributed by atoms with van der Waals surface area (Å²) in [5, 5.41) is 8.37. The van der Waals surface area contributed by atoms with Crippen molar-refractivity contribution in [1.29, 1.82) is 0 Å². The molecule has 1 aromatic rings. The van der Waals surface area contributed by atoms with E-state index in [2.05, 4.69) is 15.9 Å². The van der Waals surface area contributed by atoms with Gasteiger partial charge < -0.3 is 5.11 Å². The number of aliphatic carboxylic acids is 1. The highest BCUT2D eigenvalue weighted by atomic mass is 79.9. The standard InChI is InChI=1S/C11H5BrF6O2/c12-8-4-7(11(16,17)18)6(10(13,14)15)3-5(8)1-2-9(19)20/h1-4H,(H,19,20)/b2-1+. The summed E-state index contributed by atoms with van der Waals surface area (Å²) in [4.78, 5) is 10.3. The van der Waals surface area contributed by atoms with Crippen LogP contribution in [0.25, 0.3) is 6.08 Å². The molecular weight excluding hydrogens is 358 g/mol. The summed E-state index contributed by atoms with van der Waals surface area (Å²) in [6.45, 7) is 0. The molecule has 0 radical (unpaired) electrons. The van der Waals surface area contributed by atoms with Crippen LogP contribution in [-0.4, -0.2) is 11.1 Å². The molecule has 0 aromatic heterocycles. The van der Waals surface area contributed by atoms with Gasteiger partial charge in [-0.25, -0.2) is 4.79 Å². The van der Waals surface area contributed by atoms with Gasteiger partial charge in [-0.15, -0.1) is 0 Å². The normalized spacial score (nSPS) is 12.9. The van der Waals surface area contributed by atoms with E-state index in [1.807, 2.05) is 0 Å². The van der Waals surface area contributed by atoms with Crippen LogP contribution in [0.4, 0.5) is 26.3 Å². The van der Waals surface area contributed by atoms with Gasteiger partial charge in [-0.3, -0.25) is 0 Å². The molecule has 1 rings (SSSR count). The molecule has 0 saturated heterocycles. The molecule has 20 heavy (non-hydrogen) atoms. The van der Waals surface area contributed by atoms with E-state index in [0.29, 0.717) is 6.08 Å². The highest BCUT2D eigenvalue weighted by Crippen LogP contribution is 2.42. The molecule has 0 amide bonds. The quantitative estimate of drug-likeness (QED) is 0.617. The van der Waals surface area contributed by atoms with Crippen molar-refractivity contribution >= 4 is 28.0 Å². The van der Waals surface area contributed by atoms with Crippen LogP contribution in [0.1, 0.15) is 16.7 Å². The Morgan fingerprint density at radius 1 is 1.05 bits per heavy atom. The minimum Gasteiger partial charge on any atom is -0.478 e. The van der Waals surface area contributed by atoms with E-state index in [9.17, 15) is 31.1 Å². The summed E-state index contributed by atoms with van der Waals surface area (Å²) < 4.78 is 75.3. The molecule has 0 aliphatic heterocycles. The van der Waals surface area contributed by atoms with Gasteiger partial charge in [0.2, 0.25) is 0 Å². The topological polar surface area (TPSA) is 37.3 Å². The molecule has 9 heteroatoms. The molecule has 0 unspecified atom stereocenters. The van der Waals surface area contributed by atoms with E-state index in [1.54, 1.807) is 0 Å². The van der Waals surface area contributed by atoms with Crippen molar-refractivity contribution in [3.8, 4) is 0 Å². The SMILES string of the molecule is O=C(O)/C=C/c1cc(C(F)(F)F)c(C(F)(F)F)cc1Br. The van der Waals surface area contributed by atoms with Crippen molar-refractivity contribution in [2.75, 3.05) is 0 Å². The van der Waals surface area contributed by atoms with Crippen LogP contribution in [0.15, 0.2) is 22.7 Å². The molecule has 0 aliphatic carbocycles. The number of carboxylic acid groups (broad SMARTS) is 1. The molecule has 2 nitrogen and oxygen atoms in total. The van der Waals surface area contributed by atoms with Crippen molar-refractivity contribution < 1.29 is 36.2 Å². The molecule has 0 saturated carbocycles. The second kappa shape index (κ2) is 5.47. The Hall–Kier alpha value is -1.51. The lowest BCUT2D eigenvalue weighted by molar-refractivity contribution is -0.162. The van der Waals surface area contributed by atoms with Gasteiger partial charge in [0.1, 0.15) is 0 Å². The van der Waals surface area contributed by atoms with E-state index in [-0.39, 0.29) is 22.2 Å². The van der Waals surface area contributed by atoms with Gasteiger partial charge in [0.15, 0.2) is 0 Å². The first kappa shape index (κ1) is 16.5. The van der Waals surface area contributed by atoms with Crippen molar-refractivity contribution in [1.82, 2.24) is 0 Å². The first-order chi connectivity index (χ1) is 8.93. The molecule has 0 fully saturated rings. The predicted molar refractivity (Wildman–Crippen MR) is 60.8 cm³/mol. The number of benzene rings is 1. The molecule has 0 heterocycles. The second-order valence-corrected chi connectivity index (χ2v) is 4.44. The van der Waals surface area contributed by atoms with E-state index in [0.717, 1.165) is 6.08 Å². The van der Waals surface area contributed by atoms with Gasteiger partial charge in [0.05, 0.1) is 11.1 Å². The third-order valence-corrected chi connectivity index (χ3v) is 2.84. The number of rotatable bonds is 2. The summed E-state index contributed by atoms with van der Waals surface area (Å²) in [6.07, 6.45) is -9.10. The van der Waals surface area contributed by atoms with Gasteiger partial charge in [0, 0.05) is 10.5 Å². The average molecular weight is 363 g/mol. The fourth-order valence-corrected chi connectivity index (χ4v) is 1.82. The van der Waals surface area contributed by atoms with Gasteiger partial charge >= 0.3 is 18.3 Å². The lowest BCUT2D eigenvalue weighted by Crippen LogP contribution is -2.17. The van der Waals surface area contributed by atoms with E-state index >= 15 is 0 Å². The van der Waals surface area contributed by atoms with Crippen molar-refractivity contribution in [3.05, 3.63) is 39.4 Å². The smallest absolute Gasteiger partial charge is 0.417 e. The summed E-state index contributed by atoms with van der Waals surface area (Å²) in [7, 11) is 0. The van der Waals surface area contributed by atoms with E-state index < -0.39 is 29.4 Å². The Balaban J connectivity index is 3.52. The van der Waals surface area contributed by atoms with Crippen LogP contribution < -0.4 is 0 Å². The van der Waals surface area contributed by atoms with Crippen LogP contribution in [0, 0.1) is 0 Å². The average Bonchev–Trinajstić information content (AvgIpc) is 2.23. The first-order valence-corrected chi connectivity index (χ1v) is 5.61. The summed E-state index contributed by atoms with van der Waals surface area (Å²) in [5.41, 5.74) is -4.05. The summed E-state index contributed by atoms with van der Waals surface area (Å²) in [5.74, 6) is -1.44. The highest BCUT2D eigenvalue weighted by Gasteiger charge is 2.43. The molecular formula is C11H5BrF6O2. The number of hydrogen-bond donors (Lipinski definition) is 1. The fourth-order valence-electron chi connectivity index (χ4n) is 1.35. The highest BCUT2D eigenvalue weighted by molar-refractivity contribution is 9.10. The lowest BCUT2D eigenvalue weighted by Gasteiger charge is -2.17. The van der Waals surface area contributed by atoms with Crippen molar-refractivity contribution in [2.45, 2.75) is 12.4 Å². The van der Waals surface area contributed by atoms with Crippen molar-refractivity contribution in [3.63, 3.8) is 0 Å². The molecule has 0 spiro atoms. The molecule has 1 aromatic carbocycles. The summed E-state index contributed by atoms with van der Waals surface area (Å²) in [6, 6.07) is 0.511. The van der Waals surface area contributed by atoms with E-state index in [1.165, 1.54) is 0 Å². The van der Waals surface area contributed by atoms with Gasteiger partial charge in [-0.1, -0.05) is 15.9 Å². The molecule has 0 atom stereocenters. The Morgan fingerprint density at radius 3 is 1.90 bits per heavy atom. The van der Waals surface area contributed by atoms with Gasteiger partial charge in [-0.05, 0) is 23.8 Å². The maximum atomic E-state index is 12.6. The zero-order chi connectivity index (χ0) is 15.7. The number of carboxylic acids is 1. The monoisotopic (exact) mass is 362 g/mol. The number of hydrogen-bond acceptors (Lipinski definition) is 1. The lowest BCUT2D eigenvalue weighted by atomic mass is 10.0.